The Morgan fingerprint density at radius 3 is 2.64 bits per heavy atom. The zero-order valence-corrected chi connectivity index (χ0v) is 20.5. The maximum absolute atomic E-state index is 13.7. The number of ether oxygens (including phenoxy) is 2. The molecule has 36 heavy (non-hydrogen) atoms. The van der Waals surface area contributed by atoms with Gasteiger partial charge in [-0.2, -0.15) is 5.10 Å². The van der Waals surface area contributed by atoms with Gasteiger partial charge in [0.1, 0.15) is 11.3 Å². The van der Waals surface area contributed by atoms with Gasteiger partial charge in [-0.05, 0) is 22.1 Å². The summed E-state index contributed by atoms with van der Waals surface area (Å²) in [6.45, 7) is 4.67. The molecule has 188 valence electrons. The van der Waals surface area contributed by atoms with Crippen molar-refractivity contribution in [2.45, 2.75) is 19.0 Å². The van der Waals surface area contributed by atoms with E-state index in [9.17, 15) is 4.79 Å². The molecule has 1 aliphatic rings. The molecule has 4 aromatic rings. The summed E-state index contributed by atoms with van der Waals surface area (Å²) in [6.07, 6.45) is 0.541. The molecule has 0 aliphatic carbocycles. The lowest BCUT2D eigenvalue weighted by molar-refractivity contribution is 0.0361. The van der Waals surface area contributed by atoms with Gasteiger partial charge < -0.3 is 14.8 Å². The number of rotatable bonds is 9. The maximum atomic E-state index is 13.7. The lowest BCUT2D eigenvalue weighted by Gasteiger charge is -2.26. The monoisotopic (exact) mass is 490 g/mol. The predicted molar refractivity (Wildman–Crippen MR) is 133 cm³/mol. The molecular formula is C25H30N8O3. The molecule has 2 aromatic carbocycles. The number of carbonyl (C=O) groups is 1. The Morgan fingerprint density at radius 1 is 1.11 bits per heavy atom. The molecule has 11 nitrogen and oxygen atoms in total. The fraction of sp³-hybridized carbons (Fsp3) is 0.400. The number of morpholine rings is 1. The topological polar surface area (TPSA) is 112 Å². The Kier molecular flexibility index (Phi) is 7.19. The number of fused-ring (bicyclic) bond motifs is 1. The largest absolute Gasteiger partial charge is 0.494 e. The Balaban J connectivity index is 1.44. The number of amides is 1. The normalized spacial score (nSPS) is 15.2. The molecule has 3 heterocycles. The highest BCUT2D eigenvalue weighted by molar-refractivity contribution is 6.06. The molecule has 0 bridgehead atoms. The second kappa shape index (κ2) is 10.8. The molecule has 2 aromatic heterocycles. The van der Waals surface area contributed by atoms with Gasteiger partial charge >= 0.3 is 0 Å². The quantitative estimate of drug-likeness (QED) is 0.377. The van der Waals surface area contributed by atoms with Gasteiger partial charge in [0.15, 0.2) is 11.5 Å². The minimum atomic E-state index is -0.431. The Labute approximate surface area is 209 Å². The molecule has 0 spiro atoms. The zero-order valence-electron chi connectivity index (χ0n) is 20.5. The van der Waals surface area contributed by atoms with Gasteiger partial charge in [-0.15, -0.1) is 5.10 Å². The van der Waals surface area contributed by atoms with Crippen LogP contribution in [0.4, 0.5) is 0 Å². The van der Waals surface area contributed by atoms with Crippen LogP contribution in [0.3, 0.4) is 0 Å². The van der Waals surface area contributed by atoms with Crippen LogP contribution in [0.2, 0.25) is 0 Å². The Morgan fingerprint density at radius 2 is 1.92 bits per heavy atom. The van der Waals surface area contributed by atoms with Crippen LogP contribution in [0.25, 0.3) is 10.9 Å². The van der Waals surface area contributed by atoms with Crippen molar-refractivity contribution in [3.05, 3.63) is 65.6 Å². The molecule has 1 fully saturated rings. The first-order valence-corrected chi connectivity index (χ1v) is 12.0. The number of aromatic nitrogens is 6. The third-order valence-corrected chi connectivity index (χ3v) is 6.45. The van der Waals surface area contributed by atoms with E-state index in [0.29, 0.717) is 30.2 Å². The summed E-state index contributed by atoms with van der Waals surface area (Å²) in [5.41, 5.74) is 2.21. The van der Waals surface area contributed by atoms with Crippen LogP contribution in [0.15, 0.2) is 48.5 Å². The second-order valence-electron chi connectivity index (χ2n) is 8.76. The summed E-state index contributed by atoms with van der Waals surface area (Å²) in [5.74, 6) is 0.961. The number of tetrazole rings is 1. The van der Waals surface area contributed by atoms with E-state index in [-0.39, 0.29) is 5.91 Å². The van der Waals surface area contributed by atoms with Crippen LogP contribution in [-0.4, -0.2) is 80.8 Å². The molecule has 0 radical (unpaired) electrons. The number of para-hydroxylation sites is 1. The molecule has 0 saturated carbocycles. The minimum absolute atomic E-state index is 0.290. The molecule has 1 atom stereocenters. The summed E-state index contributed by atoms with van der Waals surface area (Å²) in [5, 5.41) is 20.5. The van der Waals surface area contributed by atoms with Crippen molar-refractivity contribution < 1.29 is 14.3 Å². The van der Waals surface area contributed by atoms with Crippen LogP contribution < -0.4 is 10.1 Å². The smallest absolute Gasteiger partial charge is 0.273 e. The molecular weight excluding hydrogens is 460 g/mol. The van der Waals surface area contributed by atoms with Crippen molar-refractivity contribution in [3.63, 3.8) is 0 Å². The third kappa shape index (κ3) is 5.07. The number of carbonyl (C=O) groups excluding carboxylic acids is 1. The lowest BCUT2D eigenvalue weighted by atomic mass is 10.0. The first kappa shape index (κ1) is 23.9. The van der Waals surface area contributed by atoms with Gasteiger partial charge in [0.2, 0.25) is 0 Å². The fourth-order valence-electron chi connectivity index (χ4n) is 4.57. The third-order valence-electron chi connectivity index (χ3n) is 6.45. The molecule has 1 aliphatic heterocycles. The number of methoxy groups -OCH3 is 1. The van der Waals surface area contributed by atoms with Crippen LogP contribution >= 0.6 is 0 Å². The lowest BCUT2D eigenvalue weighted by Crippen LogP contribution is -2.38. The first-order chi connectivity index (χ1) is 17.6. The second-order valence-corrected chi connectivity index (χ2v) is 8.76. The van der Waals surface area contributed by atoms with Crippen LogP contribution in [0.1, 0.15) is 27.9 Å². The molecule has 1 unspecified atom stereocenters. The number of benzene rings is 2. The van der Waals surface area contributed by atoms with E-state index in [4.69, 9.17) is 14.6 Å². The number of aryl methyl sites for hydroxylation is 1. The molecule has 1 N–H and O–H groups in total. The van der Waals surface area contributed by atoms with Gasteiger partial charge in [-0.3, -0.25) is 14.4 Å². The van der Waals surface area contributed by atoms with Crippen molar-refractivity contribution in [3.8, 4) is 5.75 Å². The van der Waals surface area contributed by atoms with Crippen molar-refractivity contribution in [1.82, 2.24) is 40.2 Å². The number of hydrogen-bond donors (Lipinski definition) is 1. The summed E-state index contributed by atoms with van der Waals surface area (Å²) in [7, 11) is 3.39. The zero-order chi connectivity index (χ0) is 24.9. The SMILES string of the molecule is COc1cccc2c(C(=O)NC(Cc3ccccc3)c3nnnn3C)nn(CCN3CCOCC3)c12. The predicted octanol–water partition coefficient (Wildman–Crippen LogP) is 1.61. The highest BCUT2D eigenvalue weighted by atomic mass is 16.5. The average Bonchev–Trinajstić information content (AvgIpc) is 3.52. The van der Waals surface area contributed by atoms with Crippen molar-refractivity contribution in [1.29, 1.82) is 0 Å². The van der Waals surface area contributed by atoms with Crippen molar-refractivity contribution in [2.75, 3.05) is 40.0 Å². The van der Waals surface area contributed by atoms with E-state index >= 15 is 0 Å². The average molecular weight is 491 g/mol. The van der Waals surface area contributed by atoms with E-state index < -0.39 is 6.04 Å². The Hall–Kier alpha value is -3.83. The van der Waals surface area contributed by atoms with Crippen molar-refractivity contribution in [2.24, 2.45) is 7.05 Å². The minimum Gasteiger partial charge on any atom is -0.494 e. The Bertz CT molecular complexity index is 1310. The fourth-order valence-corrected chi connectivity index (χ4v) is 4.57. The molecule has 1 amide bonds. The highest BCUT2D eigenvalue weighted by Crippen LogP contribution is 2.29. The van der Waals surface area contributed by atoms with E-state index in [2.05, 4.69) is 25.7 Å². The van der Waals surface area contributed by atoms with Gasteiger partial charge in [-0.1, -0.05) is 42.5 Å². The summed E-state index contributed by atoms with van der Waals surface area (Å²) >= 11 is 0. The van der Waals surface area contributed by atoms with Crippen LogP contribution in [-0.2, 0) is 24.8 Å². The first-order valence-electron chi connectivity index (χ1n) is 12.0. The number of nitrogens with zero attached hydrogens (tertiary/aromatic N) is 7. The van der Waals surface area contributed by atoms with Crippen LogP contribution in [0, 0.1) is 0 Å². The molecule has 11 heteroatoms. The standard InChI is InChI=1S/C25H30N8O3/c1-31-24(27-29-30-31)20(17-18-7-4-3-5-8-18)26-25(34)22-19-9-6-10-21(35-2)23(19)33(28-22)12-11-32-13-15-36-16-14-32/h3-10,20H,11-17H2,1-2H3,(H,26,34). The number of nitrogens with one attached hydrogen (secondary N) is 1. The van der Waals surface area contributed by atoms with Gasteiger partial charge in [0.05, 0.1) is 32.9 Å². The van der Waals surface area contributed by atoms with Crippen molar-refractivity contribution >= 4 is 16.8 Å². The van der Waals surface area contributed by atoms with Gasteiger partial charge in [-0.25, -0.2) is 4.68 Å². The maximum Gasteiger partial charge on any atom is 0.273 e. The van der Waals surface area contributed by atoms with Gasteiger partial charge in [0.25, 0.3) is 5.91 Å². The van der Waals surface area contributed by atoms with Crippen LogP contribution in [0.5, 0.6) is 5.75 Å². The number of hydrogen-bond acceptors (Lipinski definition) is 8. The van der Waals surface area contributed by atoms with E-state index in [1.807, 2.05) is 53.2 Å². The summed E-state index contributed by atoms with van der Waals surface area (Å²) in [6, 6.07) is 15.2. The highest BCUT2D eigenvalue weighted by Gasteiger charge is 2.26. The van der Waals surface area contributed by atoms with E-state index in [1.165, 1.54) is 0 Å². The summed E-state index contributed by atoms with van der Waals surface area (Å²) in [4.78, 5) is 16.0. The van der Waals surface area contributed by atoms with E-state index in [1.54, 1.807) is 18.8 Å². The molecule has 5 rings (SSSR count). The summed E-state index contributed by atoms with van der Waals surface area (Å²) < 4.78 is 14.5. The molecule has 1 saturated heterocycles. The van der Waals surface area contributed by atoms with E-state index in [0.717, 1.165) is 49.3 Å². The van der Waals surface area contributed by atoms with Gasteiger partial charge in [0, 0.05) is 38.5 Å².